The molecule has 182 valence electrons. The van der Waals surface area contributed by atoms with E-state index in [1.807, 2.05) is 5.32 Å². The van der Waals surface area contributed by atoms with Gasteiger partial charge in [-0.05, 0) is 73.9 Å². The summed E-state index contributed by atoms with van der Waals surface area (Å²) in [6.45, 7) is 1.51. The molecule has 2 aromatic rings. The van der Waals surface area contributed by atoms with Crippen LogP contribution in [0.25, 0.3) is 0 Å². The minimum Gasteiger partial charge on any atom is -0.508 e. The summed E-state index contributed by atoms with van der Waals surface area (Å²) >= 11 is 0. The molecule has 1 aromatic heterocycles. The van der Waals surface area contributed by atoms with Crippen molar-refractivity contribution in [1.82, 2.24) is 10.3 Å². The van der Waals surface area contributed by atoms with E-state index in [0.29, 0.717) is 5.56 Å². The molecule has 0 bridgehead atoms. The number of amides is 1. The van der Waals surface area contributed by atoms with Gasteiger partial charge in [-0.15, -0.1) is 0 Å². The number of aromatic hydroxyl groups is 1. The second-order valence-corrected chi connectivity index (χ2v) is 9.36. The quantitative estimate of drug-likeness (QED) is 0.500. The lowest BCUT2D eigenvalue weighted by Gasteiger charge is -2.25. The zero-order valence-electron chi connectivity index (χ0n) is 18.4. The second-order valence-electron chi connectivity index (χ2n) is 9.36. The largest absolute Gasteiger partial charge is 0.508 e. The van der Waals surface area contributed by atoms with E-state index in [9.17, 15) is 37.4 Å². The van der Waals surface area contributed by atoms with Crippen molar-refractivity contribution in [3.8, 4) is 5.75 Å². The lowest BCUT2D eigenvalue weighted by molar-refractivity contribution is -0.163. The third-order valence-corrected chi connectivity index (χ3v) is 6.57. The summed E-state index contributed by atoms with van der Waals surface area (Å²) in [5.74, 6) is -2.53. The number of nitrogens with one attached hydrogen (secondary N) is 1. The maximum Gasteiger partial charge on any atom is 0.411 e. The lowest BCUT2D eigenvalue weighted by Crippen LogP contribution is -2.48. The minimum absolute atomic E-state index is 0.0503. The number of benzene rings is 1. The molecule has 1 amide bonds. The molecule has 2 aliphatic rings. The number of pyridine rings is 1. The third-order valence-electron chi connectivity index (χ3n) is 6.57. The fourth-order valence-electron chi connectivity index (χ4n) is 4.11. The fourth-order valence-corrected chi connectivity index (χ4v) is 4.11. The molecule has 0 spiro atoms. The molecular weight excluding hydrogens is 456 g/mol. The Balaban J connectivity index is 1.43. The van der Waals surface area contributed by atoms with Crippen molar-refractivity contribution in [2.45, 2.75) is 62.8 Å². The topological polar surface area (TPSA) is 99.5 Å². The molecule has 0 saturated heterocycles. The first kappa shape index (κ1) is 24.1. The van der Waals surface area contributed by atoms with Crippen molar-refractivity contribution in [2.75, 3.05) is 0 Å². The minimum atomic E-state index is -4.56. The normalized spacial score (nSPS) is 18.8. The SMILES string of the molecule is CC(O)(c1cc(F)c(CC(=O)Cc2ccnc(C(=O)NC3(C(F)(F)F)CC3)c2)cc1O)C1CC1. The van der Waals surface area contributed by atoms with Crippen LogP contribution in [0, 0.1) is 11.7 Å². The van der Waals surface area contributed by atoms with E-state index >= 15 is 0 Å². The van der Waals surface area contributed by atoms with Crippen molar-refractivity contribution in [3.63, 3.8) is 0 Å². The van der Waals surface area contributed by atoms with Crippen LogP contribution in [0.4, 0.5) is 17.6 Å². The molecule has 10 heteroatoms. The van der Waals surface area contributed by atoms with Gasteiger partial charge in [0.2, 0.25) is 0 Å². The van der Waals surface area contributed by atoms with E-state index in [0.717, 1.165) is 25.0 Å². The third kappa shape index (κ3) is 4.77. The number of carbonyl (C=O) groups excluding carboxylic acids is 2. The molecule has 1 atom stereocenters. The van der Waals surface area contributed by atoms with Crippen molar-refractivity contribution >= 4 is 11.7 Å². The zero-order valence-corrected chi connectivity index (χ0v) is 18.4. The molecule has 1 unspecified atom stereocenters. The van der Waals surface area contributed by atoms with Gasteiger partial charge >= 0.3 is 6.18 Å². The summed E-state index contributed by atoms with van der Waals surface area (Å²) in [6, 6.07) is 4.83. The second kappa shape index (κ2) is 8.33. The molecule has 0 aliphatic heterocycles. The molecular formula is C24H24F4N2O4. The molecule has 0 radical (unpaired) electrons. The number of hydrogen-bond donors (Lipinski definition) is 3. The number of carbonyl (C=O) groups is 2. The average molecular weight is 480 g/mol. The summed E-state index contributed by atoms with van der Waals surface area (Å²) in [6.07, 6.45) is -2.77. The maximum atomic E-state index is 14.6. The van der Waals surface area contributed by atoms with Crippen LogP contribution in [0.1, 0.15) is 59.8 Å². The van der Waals surface area contributed by atoms with Gasteiger partial charge in [-0.3, -0.25) is 14.6 Å². The summed E-state index contributed by atoms with van der Waals surface area (Å²) in [7, 11) is 0. The number of halogens is 4. The number of aliphatic hydroxyl groups is 1. The van der Waals surface area contributed by atoms with E-state index in [1.54, 1.807) is 0 Å². The predicted octanol–water partition coefficient (Wildman–Crippen LogP) is 3.72. The van der Waals surface area contributed by atoms with E-state index in [2.05, 4.69) is 4.98 Å². The number of aromatic nitrogens is 1. The van der Waals surface area contributed by atoms with E-state index in [-0.39, 0.29) is 54.2 Å². The highest BCUT2D eigenvalue weighted by Crippen LogP contribution is 2.49. The Hall–Kier alpha value is -3.01. The molecule has 3 N–H and O–H groups in total. The number of alkyl halides is 3. The van der Waals surface area contributed by atoms with Crippen molar-refractivity contribution in [2.24, 2.45) is 5.92 Å². The number of phenolic OH excluding ortho intramolecular Hbond substituents is 1. The molecule has 2 fully saturated rings. The predicted molar refractivity (Wildman–Crippen MR) is 112 cm³/mol. The molecule has 4 rings (SSSR count). The van der Waals surface area contributed by atoms with Crippen LogP contribution in [0.5, 0.6) is 5.75 Å². The van der Waals surface area contributed by atoms with Gasteiger partial charge in [0.05, 0.1) is 5.60 Å². The van der Waals surface area contributed by atoms with Gasteiger partial charge in [0.1, 0.15) is 28.6 Å². The van der Waals surface area contributed by atoms with Crippen molar-refractivity contribution < 1.29 is 37.4 Å². The highest BCUT2D eigenvalue weighted by Gasteiger charge is 2.64. The number of Topliss-reactive ketones (excluding diaryl/α,β-unsaturated/α-hetero) is 1. The summed E-state index contributed by atoms with van der Waals surface area (Å²) in [5, 5.41) is 22.9. The molecule has 34 heavy (non-hydrogen) atoms. The van der Waals surface area contributed by atoms with Crippen LogP contribution < -0.4 is 5.32 Å². The number of phenols is 1. The first-order valence-electron chi connectivity index (χ1n) is 10.9. The van der Waals surface area contributed by atoms with Crippen molar-refractivity contribution in [1.29, 1.82) is 0 Å². The Bertz CT molecular complexity index is 1140. The van der Waals surface area contributed by atoms with E-state index < -0.39 is 34.8 Å². The monoisotopic (exact) mass is 480 g/mol. The first-order chi connectivity index (χ1) is 15.8. The Labute approximate surface area is 193 Å². The first-order valence-corrected chi connectivity index (χ1v) is 10.9. The molecule has 6 nitrogen and oxygen atoms in total. The average Bonchev–Trinajstić information content (AvgIpc) is 3.63. The van der Waals surface area contributed by atoms with E-state index in [4.69, 9.17) is 0 Å². The standard InChI is InChI=1S/C24H24F4N2O4/c1-22(34,15-2-3-15)17-12-18(25)14(11-20(17)32)10-16(31)8-13-4-7-29-19(9-13)21(33)30-23(5-6-23)24(26,27)28/h4,7,9,11-12,15,32,34H,2-3,5-6,8,10H2,1H3,(H,30,33). The van der Waals surface area contributed by atoms with Crippen molar-refractivity contribution in [3.05, 3.63) is 58.7 Å². The highest BCUT2D eigenvalue weighted by atomic mass is 19.4. The van der Waals surface area contributed by atoms with Crippen LogP contribution >= 0.6 is 0 Å². The Kier molecular flexibility index (Phi) is 5.91. The summed E-state index contributed by atoms with van der Waals surface area (Å²) in [4.78, 5) is 28.6. The highest BCUT2D eigenvalue weighted by molar-refractivity contribution is 5.93. The van der Waals surface area contributed by atoms with E-state index in [1.165, 1.54) is 25.3 Å². The van der Waals surface area contributed by atoms with Crippen LogP contribution in [0.15, 0.2) is 30.5 Å². The number of hydrogen-bond acceptors (Lipinski definition) is 5. The van der Waals surface area contributed by atoms with Gasteiger partial charge in [0.15, 0.2) is 0 Å². The van der Waals surface area contributed by atoms with Crippen LogP contribution in [0.3, 0.4) is 0 Å². The van der Waals surface area contributed by atoms with Crippen LogP contribution in [-0.2, 0) is 23.2 Å². The fraction of sp³-hybridized carbons (Fsp3) is 0.458. The van der Waals surface area contributed by atoms with Gasteiger partial charge in [-0.25, -0.2) is 4.39 Å². The van der Waals surface area contributed by atoms with Gasteiger partial charge in [-0.1, -0.05) is 0 Å². The van der Waals surface area contributed by atoms with Gasteiger partial charge in [0.25, 0.3) is 5.91 Å². The van der Waals surface area contributed by atoms with Crippen LogP contribution in [-0.4, -0.2) is 38.6 Å². The smallest absolute Gasteiger partial charge is 0.411 e. The number of nitrogens with zero attached hydrogens (tertiary/aromatic N) is 1. The Morgan fingerprint density at radius 3 is 2.44 bits per heavy atom. The van der Waals surface area contributed by atoms with Gasteiger partial charge < -0.3 is 15.5 Å². The molecule has 1 aromatic carbocycles. The summed E-state index contributed by atoms with van der Waals surface area (Å²) in [5.41, 5.74) is -3.50. The maximum absolute atomic E-state index is 14.6. The van der Waals surface area contributed by atoms with Crippen LogP contribution in [0.2, 0.25) is 0 Å². The molecule has 1 heterocycles. The summed E-state index contributed by atoms with van der Waals surface area (Å²) < 4.78 is 53.9. The Morgan fingerprint density at radius 1 is 1.18 bits per heavy atom. The number of rotatable bonds is 8. The lowest BCUT2D eigenvalue weighted by atomic mass is 9.88. The molecule has 2 aliphatic carbocycles. The molecule has 2 saturated carbocycles. The van der Waals surface area contributed by atoms with Gasteiger partial charge in [-0.2, -0.15) is 13.2 Å². The van der Waals surface area contributed by atoms with Gasteiger partial charge in [0, 0.05) is 24.6 Å². The zero-order chi connectivity index (χ0) is 24.9. The Morgan fingerprint density at radius 2 is 1.85 bits per heavy atom. The number of ketones is 1.